The Morgan fingerprint density at radius 2 is 2.24 bits per heavy atom. The van der Waals surface area contributed by atoms with E-state index in [1.54, 1.807) is 30.8 Å². The molecule has 0 bridgehead atoms. The Labute approximate surface area is 141 Å². The highest BCUT2D eigenvalue weighted by molar-refractivity contribution is 14.1. The number of benzene rings is 1. The van der Waals surface area contributed by atoms with E-state index < -0.39 is 20.1 Å². The van der Waals surface area contributed by atoms with Crippen LogP contribution in [0.4, 0.5) is 11.4 Å². The van der Waals surface area contributed by atoms with Crippen molar-refractivity contribution in [3.8, 4) is 0 Å². The van der Waals surface area contributed by atoms with Gasteiger partial charge in [-0.3, -0.25) is 10.1 Å². The molecule has 6 nitrogen and oxygen atoms in total. The first kappa shape index (κ1) is 16.8. The zero-order chi connectivity index (χ0) is 15.6. The van der Waals surface area contributed by atoms with Crippen LogP contribution in [0.5, 0.6) is 0 Å². The van der Waals surface area contributed by atoms with Crippen molar-refractivity contribution < 1.29 is 13.3 Å². The van der Waals surface area contributed by atoms with E-state index in [0.717, 1.165) is 11.4 Å². The fourth-order valence-corrected chi connectivity index (χ4v) is 5.88. The van der Waals surface area contributed by atoms with Crippen molar-refractivity contribution in [2.45, 2.75) is 12.3 Å². The maximum atomic E-state index is 12.2. The molecule has 1 heterocycles. The van der Waals surface area contributed by atoms with Crippen molar-refractivity contribution in [3.05, 3.63) is 31.9 Å². The fraction of sp³-hybridized carbons (Fsp3) is 0.500. The number of nitrogens with zero attached hydrogens (tertiary/aromatic N) is 2. The third-order valence-corrected chi connectivity index (χ3v) is 7.51. The molecule has 0 radical (unpaired) electrons. The minimum Gasteiger partial charge on any atom is -0.353 e. The number of nitro groups is 1. The molecule has 1 unspecified atom stereocenters. The Hall–Kier alpha value is -0.550. The van der Waals surface area contributed by atoms with Gasteiger partial charge < -0.3 is 4.90 Å². The normalized spacial score (nSPS) is 19.5. The van der Waals surface area contributed by atoms with Crippen LogP contribution in [-0.4, -0.2) is 42.5 Å². The van der Waals surface area contributed by atoms with Gasteiger partial charge in [-0.1, -0.05) is 6.92 Å². The summed E-state index contributed by atoms with van der Waals surface area (Å²) in [5.41, 5.74) is 0.771. The molecule has 0 aliphatic carbocycles. The number of anilines is 1. The van der Waals surface area contributed by atoms with Gasteiger partial charge in [-0.15, -0.1) is 0 Å². The highest BCUT2D eigenvalue weighted by Gasteiger charge is 2.33. The van der Waals surface area contributed by atoms with E-state index in [9.17, 15) is 18.5 Å². The van der Waals surface area contributed by atoms with Crippen molar-refractivity contribution in [2.75, 3.05) is 28.7 Å². The molecule has 1 aromatic rings. The zero-order valence-electron chi connectivity index (χ0n) is 11.4. The van der Waals surface area contributed by atoms with E-state index in [1.165, 1.54) is 6.07 Å². The average molecular weight is 442 g/mol. The topological polar surface area (TPSA) is 80.5 Å². The summed E-state index contributed by atoms with van der Waals surface area (Å²) < 4.78 is 25.0. The summed E-state index contributed by atoms with van der Waals surface area (Å²) in [7, 11) is -3.19. The lowest BCUT2D eigenvalue weighted by atomic mass is 10.2. The van der Waals surface area contributed by atoms with Gasteiger partial charge in [0.1, 0.15) is 5.37 Å². The van der Waals surface area contributed by atoms with Gasteiger partial charge in [0, 0.05) is 35.6 Å². The quantitative estimate of drug-likeness (QED) is 0.405. The van der Waals surface area contributed by atoms with Gasteiger partial charge in [0.2, 0.25) is 0 Å². The van der Waals surface area contributed by atoms with Gasteiger partial charge in [-0.05, 0) is 34.7 Å². The summed E-state index contributed by atoms with van der Waals surface area (Å²) >= 11 is 3.54. The lowest BCUT2D eigenvalue weighted by Gasteiger charge is -2.36. The third-order valence-electron chi connectivity index (χ3n) is 3.36. The second-order valence-electron chi connectivity index (χ2n) is 4.57. The largest absolute Gasteiger partial charge is 0.353 e. The molecule has 0 amide bonds. The molecule has 1 aromatic carbocycles. The molecule has 1 aliphatic heterocycles. The van der Waals surface area contributed by atoms with Crippen molar-refractivity contribution >= 4 is 55.6 Å². The zero-order valence-corrected chi connectivity index (χ0v) is 15.2. The van der Waals surface area contributed by atoms with Crippen molar-refractivity contribution in [3.63, 3.8) is 0 Å². The second kappa shape index (κ2) is 6.69. The Morgan fingerprint density at radius 3 is 2.81 bits per heavy atom. The Bertz CT molecular complexity index is 651. The summed E-state index contributed by atoms with van der Waals surface area (Å²) in [4.78, 5) is 12.3. The van der Waals surface area contributed by atoms with E-state index >= 15 is 0 Å². The monoisotopic (exact) mass is 442 g/mol. The summed E-state index contributed by atoms with van der Waals surface area (Å²) in [6.07, 6.45) is 0. The summed E-state index contributed by atoms with van der Waals surface area (Å²) in [5.74, 6) is 1.48. The van der Waals surface area contributed by atoms with E-state index in [2.05, 4.69) is 0 Å². The first-order valence-corrected chi connectivity index (χ1v) is 10.3. The van der Waals surface area contributed by atoms with Gasteiger partial charge >= 0.3 is 0 Å². The van der Waals surface area contributed by atoms with Crippen LogP contribution in [0.15, 0.2) is 18.2 Å². The van der Waals surface area contributed by atoms with Crippen LogP contribution < -0.4 is 4.90 Å². The molecule has 2 rings (SSSR count). The number of nitro benzene ring substituents is 1. The maximum Gasteiger partial charge on any atom is 0.282 e. The Kier molecular flexibility index (Phi) is 5.36. The van der Waals surface area contributed by atoms with Crippen LogP contribution in [-0.2, 0) is 9.84 Å². The average Bonchev–Trinajstić information content (AvgIpc) is 2.46. The standard InChI is InChI=1S/C12H15IN2O4S2/c1-2-21(18,19)12-8-20-6-5-14(12)9-3-4-11(15(16)17)10(13)7-9/h3-4,7,12H,2,5-6,8H2,1H3. The van der Waals surface area contributed by atoms with Gasteiger partial charge in [0.05, 0.1) is 8.49 Å². The van der Waals surface area contributed by atoms with Crippen molar-refractivity contribution in [2.24, 2.45) is 0 Å². The molecule has 9 heteroatoms. The van der Waals surface area contributed by atoms with Crippen molar-refractivity contribution in [1.82, 2.24) is 0 Å². The minimum atomic E-state index is -3.19. The maximum absolute atomic E-state index is 12.2. The van der Waals surface area contributed by atoms with Crippen LogP contribution in [0.2, 0.25) is 0 Å². The first-order valence-electron chi connectivity index (χ1n) is 6.36. The Morgan fingerprint density at radius 1 is 1.52 bits per heavy atom. The molecular weight excluding hydrogens is 427 g/mol. The predicted octanol–water partition coefficient (Wildman–Crippen LogP) is 2.51. The molecule has 0 spiro atoms. The van der Waals surface area contributed by atoms with E-state index in [-0.39, 0.29) is 11.4 Å². The molecule has 1 saturated heterocycles. The predicted molar refractivity (Wildman–Crippen MR) is 93.7 cm³/mol. The van der Waals surface area contributed by atoms with Crippen LogP contribution in [0, 0.1) is 13.7 Å². The second-order valence-corrected chi connectivity index (χ2v) is 9.33. The number of hydrogen-bond acceptors (Lipinski definition) is 6. The molecular formula is C12H15IN2O4S2. The molecule has 0 saturated carbocycles. The molecule has 1 aliphatic rings. The van der Waals surface area contributed by atoms with Crippen LogP contribution in [0.25, 0.3) is 0 Å². The summed E-state index contributed by atoms with van der Waals surface area (Å²) in [6.45, 7) is 2.27. The molecule has 1 fully saturated rings. The lowest BCUT2D eigenvalue weighted by Crippen LogP contribution is -2.48. The summed E-state index contributed by atoms with van der Waals surface area (Å²) in [5, 5.41) is 10.3. The molecule has 1 atom stereocenters. The number of hydrogen-bond donors (Lipinski definition) is 0. The van der Waals surface area contributed by atoms with Gasteiger partial charge in [-0.2, -0.15) is 11.8 Å². The van der Waals surface area contributed by atoms with Gasteiger partial charge in [-0.25, -0.2) is 8.42 Å². The molecule has 21 heavy (non-hydrogen) atoms. The van der Waals surface area contributed by atoms with E-state index in [0.29, 0.717) is 15.9 Å². The van der Waals surface area contributed by atoms with Crippen LogP contribution >= 0.6 is 34.4 Å². The van der Waals surface area contributed by atoms with Gasteiger partial charge in [0.15, 0.2) is 9.84 Å². The molecule has 0 N–H and O–H groups in total. The number of halogens is 1. The SMILES string of the molecule is CCS(=O)(=O)C1CSCCN1c1ccc([N+](=O)[O-])c(I)c1. The molecule has 116 valence electrons. The van der Waals surface area contributed by atoms with Crippen LogP contribution in [0.3, 0.4) is 0 Å². The third kappa shape index (κ3) is 3.62. The van der Waals surface area contributed by atoms with E-state index in [1.807, 2.05) is 27.5 Å². The summed E-state index contributed by atoms with van der Waals surface area (Å²) in [6, 6.07) is 4.76. The van der Waals surface area contributed by atoms with Crippen LogP contribution in [0.1, 0.15) is 6.92 Å². The van der Waals surface area contributed by atoms with Crippen molar-refractivity contribution in [1.29, 1.82) is 0 Å². The highest BCUT2D eigenvalue weighted by atomic mass is 127. The van der Waals surface area contributed by atoms with Gasteiger partial charge in [0.25, 0.3) is 5.69 Å². The fourth-order valence-electron chi connectivity index (χ4n) is 2.19. The number of thioether (sulfide) groups is 1. The number of rotatable bonds is 4. The molecule has 0 aromatic heterocycles. The minimum absolute atomic E-state index is 0.0423. The Balaban J connectivity index is 2.38. The smallest absolute Gasteiger partial charge is 0.282 e. The first-order chi connectivity index (χ1) is 9.86. The highest BCUT2D eigenvalue weighted by Crippen LogP contribution is 2.31. The lowest BCUT2D eigenvalue weighted by molar-refractivity contribution is -0.385. The van der Waals surface area contributed by atoms with E-state index in [4.69, 9.17) is 0 Å². The number of sulfone groups is 1.